The number of aliphatic imine (C=N–C) groups is 1. The van der Waals surface area contributed by atoms with Crippen LogP contribution in [0.25, 0.3) is 0 Å². The van der Waals surface area contributed by atoms with Crippen LogP contribution in [0.1, 0.15) is 26.6 Å². The lowest BCUT2D eigenvalue weighted by molar-refractivity contribution is 0.107. The van der Waals surface area contributed by atoms with Crippen LogP contribution in [0.3, 0.4) is 0 Å². The molecule has 0 spiro atoms. The maximum Gasteiger partial charge on any atom is 0.191 e. The van der Waals surface area contributed by atoms with E-state index in [0.29, 0.717) is 19.8 Å². The number of nitrogens with one attached hydrogen (secondary N) is 2. The van der Waals surface area contributed by atoms with Gasteiger partial charge in [0.15, 0.2) is 5.96 Å². The fourth-order valence-electron chi connectivity index (χ4n) is 2.90. The Hall–Kier alpha value is -2.70. The van der Waals surface area contributed by atoms with Gasteiger partial charge in [0, 0.05) is 37.6 Å². The van der Waals surface area contributed by atoms with E-state index in [2.05, 4.69) is 63.9 Å². The maximum atomic E-state index is 5.84. The molecule has 5 nitrogen and oxygen atoms in total. The summed E-state index contributed by atoms with van der Waals surface area (Å²) < 4.78 is 5.84. The molecule has 0 atom stereocenters. The lowest BCUT2D eigenvalue weighted by Crippen LogP contribution is -2.37. The standard InChI is InChI=1S/C23H28N4OS/c1-18-14-26-22(29-18)11-12-25-23(24-2)27-15-20-9-6-10-21(13-20)17-28-16-19-7-4-3-5-8-19/h3-10,13-14H,11-12,15-17H2,1-2H3,(H2,24,25,27). The third-order valence-electron chi connectivity index (χ3n) is 4.36. The third kappa shape index (κ3) is 7.33. The number of hydrogen-bond donors (Lipinski definition) is 2. The van der Waals surface area contributed by atoms with Gasteiger partial charge in [-0.3, -0.25) is 4.99 Å². The number of guanidine groups is 1. The van der Waals surface area contributed by atoms with Crippen molar-refractivity contribution in [2.24, 2.45) is 4.99 Å². The second kappa shape index (κ2) is 11.3. The second-order valence-corrected chi connectivity index (χ2v) is 8.08. The lowest BCUT2D eigenvalue weighted by Gasteiger charge is -2.12. The van der Waals surface area contributed by atoms with E-state index in [1.54, 1.807) is 18.4 Å². The number of thiazole rings is 1. The highest BCUT2D eigenvalue weighted by Crippen LogP contribution is 2.11. The molecule has 0 fully saturated rings. The number of hydrogen-bond acceptors (Lipinski definition) is 4. The molecule has 2 aromatic carbocycles. The molecule has 1 aromatic heterocycles. The van der Waals surface area contributed by atoms with Crippen molar-refractivity contribution in [2.45, 2.75) is 33.1 Å². The number of nitrogens with zero attached hydrogens (tertiary/aromatic N) is 2. The normalized spacial score (nSPS) is 11.4. The number of aryl methyl sites for hydroxylation is 1. The van der Waals surface area contributed by atoms with E-state index in [0.717, 1.165) is 23.9 Å². The average Bonchev–Trinajstić information content (AvgIpc) is 3.16. The first-order valence-electron chi connectivity index (χ1n) is 9.78. The Kier molecular flexibility index (Phi) is 8.22. The fraction of sp³-hybridized carbons (Fsp3) is 0.304. The van der Waals surface area contributed by atoms with Crippen LogP contribution >= 0.6 is 11.3 Å². The summed E-state index contributed by atoms with van der Waals surface area (Å²) in [5.74, 6) is 0.795. The summed E-state index contributed by atoms with van der Waals surface area (Å²) >= 11 is 1.74. The maximum absolute atomic E-state index is 5.84. The van der Waals surface area contributed by atoms with Crippen LogP contribution in [-0.2, 0) is 30.9 Å². The van der Waals surface area contributed by atoms with Gasteiger partial charge in [-0.05, 0) is 23.6 Å². The number of ether oxygens (including phenoxy) is 1. The lowest BCUT2D eigenvalue weighted by atomic mass is 10.1. The second-order valence-electron chi connectivity index (χ2n) is 6.77. The molecule has 0 saturated carbocycles. The van der Waals surface area contributed by atoms with Gasteiger partial charge in [-0.1, -0.05) is 54.6 Å². The number of rotatable bonds is 9. The van der Waals surface area contributed by atoms with Gasteiger partial charge in [0.05, 0.1) is 18.2 Å². The third-order valence-corrected chi connectivity index (χ3v) is 5.33. The predicted octanol–water partition coefficient (Wildman–Crippen LogP) is 4.08. The van der Waals surface area contributed by atoms with Gasteiger partial charge in [-0.25, -0.2) is 4.98 Å². The molecule has 0 aliphatic rings. The average molecular weight is 409 g/mol. The molecule has 0 bridgehead atoms. The Balaban J connectivity index is 1.41. The topological polar surface area (TPSA) is 58.5 Å². The van der Waals surface area contributed by atoms with Crippen LogP contribution < -0.4 is 10.6 Å². The van der Waals surface area contributed by atoms with E-state index in [9.17, 15) is 0 Å². The Morgan fingerprint density at radius 3 is 2.52 bits per heavy atom. The van der Waals surface area contributed by atoms with Gasteiger partial charge in [0.1, 0.15) is 0 Å². The molecule has 0 amide bonds. The van der Waals surface area contributed by atoms with Crippen molar-refractivity contribution in [2.75, 3.05) is 13.6 Å². The molecule has 3 aromatic rings. The molecule has 3 rings (SSSR count). The quantitative estimate of drug-likeness (QED) is 0.414. The molecule has 2 N–H and O–H groups in total. The molecular formula is C23H28N4OS. The minimum atomic E-state index is 0.600. The first-order valence-corrected chi connectivity index (χ1v) is 10.6. The minimum absolute atomic E-state index is 0.600. The van der Waals surface area contributed by atoms with Crippen LogP contribution in [-0.4, -0.2) is 24.5 Å². The summed E-state index contributed by atoms with van der Waals surface area (Å²) in [4.78, 5) is 9.94. The van der Waals surface area contributed by atoms with Crippen LogP contribution in [0, 0.1) is 6.92 Å². The Morgan fingerprint density at radius 1 is 1.00 bits per heavy atom. The van der Waals surface area contributed by atoms with Gasteiger partial charge in [-0.2, -0.15) is 0 Å². The summed E-state index contributed by atoms with van der Waals surface area (Å²) in [5, 5.41) is 7.86. The van der Waals surface area contributed by atoms with Crippen molar-refractivity contribution in [3.63, 3.8) is 0 Å². The van der Waals surface area contributed by atoms with Crippen molar-refractivity contribution in [1.82, 2.24) is 15.6 Å². The van der Waals surface area contributed by atoms with E-state index >= 15 is 0 Å². The van der Waals surface area contributed by atoms with Crippen molar-refractivity contribution in [3.05, 3.63) is 87.4 Å². The van der Waals surface area contributed by atoms with Gasteiger partial charge < -0.3 is 15.4 Å². The van der Waals surface area contributed by atoms with Gasteiger partial charge in [0.2, 0.25) is 0 Å². The zero-order valence-electron chi connectivity index (χ0n) is 17.0. The smallest absolute Gasteiger partial charge is 0.191 e. The molecule has 0 saturated heterocycles. The van der Waals surface area contributed by atoms with Crippen molar-refractivity contribution >= 4 is 17.3 Å². The molecular weight excluding hydrogens is 380 g/mol. The van der Waals surface area contributed by atoms with E-state index in [1.165, 1.54) is 21.6 Å². The zero-order valence-corrected chi connectivity index (χ0v) is 17.8. The molecule has 152 valence electrons. The number of aromatic nitrogens is 1. The van der Waals surface area contributed by atoms with Gasteiger partial charge in [-0.15, -0.1) is 11.3 Å². The van der Waals surface area contributed by atoms with Crippen LogP contribution in [0.15, 0.2) is 65.8 Å². The Labute approximate surface area is 176 Å². The molecule has 1 heterocycles. The van der Waals surface area contributed by atoms with Crippen molar-refractivity contribution < 1.29 is 4.74 Å². The summed E-state index contributed by atoms with van der Waals surface area (Å²) in [6, 6.07) is 18.7. The monoisotopic (exact) mass is 408 g/mol. The predicted molar refractivity (Wildman–Crippen MR) is 120 cm³/mol. The van der Waals surface area contributed by atoms with Gasteiger partial charge in [0.25, 0.3) is 0 Å². The summed E-state index contributed by atoms with van der Waals surface area (Å²) in [6.45, 7) is 4.82. The summed E-state index contributed by atoms with van der Waals surface area (Å²) in [7, 11) is 1.79. The SMILES string of the molecule is CN=C(NCCc1ncc(C)s1)NCc1cccc(COCc2ccccc2)c1. The Bertz CT molecular complexity index is 908. The summed E-state index contributed by atoms with van der Waals surface area (Å²) in [6.07, 6.45) is 2.82. The first kappa shape index (κ1) is 21.0. The van der Waals surface area contributed by atoms with E-state index in [-0.39, 0.29) is 0 Å². The van der Waals surface area contributed by atoms with Crippen molar-refractivity contribution in [3.8, 4) is 0 Å². The highest BCUT2D eigenvalue weighted by atomic mass is 32.1. The van der Waals surface area contributed by atoms with Gasteiger partial charge >= 0.3 is 0 Å². The van der Waals surface area contributed by atoms with Crippen LogP contribution in [0.2, 0.25) is 0 Å². The van der Waals surface area contributed by atoms with E-state index < -0.39 is 0 Å². The molecule has 0 radical (unpaired) electrons. The first-order chi connectivity index (χ1) is 14.2. The molecule has 0 unspecified atom stereocenters. The largest absolute Gasteiger partial charge is 0.372 e. The van der Waals surface area contributed by atoms with Crippen molar-refractivity contribution in [1.29, 1.82) is 0 Å². The molecule has 0 aliphatic carbocycles. The molecule has 29 heavy (non-hydrogen) atoms. The Morgan fingerprint density at radius 2 is 1.76 bits per heavy atom. The van der Waals surface area contributed by atoms with Crippen LogP contribution in [0.4, 0.5) is 0 Å². The highest BCUT2D eigenvalue weighted by Gasteiger charge is 2.02. The molecule has 6 heteroatoms. The van der Waals surface area contributed by atoms with E-state index in [4.69, 9.17) is 4.74 Å². The van der Waals surface area contributed by atoms with Crippen LogP contribution in [0.5, 0.6) is 0 Å². The zero-order chi connectivity index (χ0) is 20.3. The fourth-order valence-corrected chi connectivity index (χ4v) is 3.69. The molecule has 0 aliphatic heterocycles. The summed E-state index contributed by atoms with van der Waals surface area (Å²) in [5.41, 5.74) is 3.56. The number of benzene rings is 2. The highest BCUT2D eigenvalue weighted by molar-refractivity contribution is 7.11. The minimum Gasteiger partial charge on any atom is -0.372 e. The van der Waals surface area contributed by atoms with E-state index in [1.807, 2.05) is 24.4 Å².